The SMILES string of the molecule is C[C@H]1CCCC[C@@]12NC(=O)N(CC(=O)OCC(=O)NCCC1=CCCCC1)C2=O. The molecular weight excluding hydrogens is 374 g/mol. The molecule has 0 radical (unpaired) electrons. The Labute approximate surface area is 171 Å². The summed E-state index contributed by atoms with van der Waals surface area (Å²) in [6.45, 7) is 1.57. The fraction of sp³-hybridized carbons (Fsp3) is 0.714. The lowest BCUT2D eigenvalue weighted by atomic mass is 9.73. The smallest absolute Gasteiger partial charge is 0.326 e. The number of hydrogen-bond donors (Lipinski definition) is 2. The molecule has 0 unspecified atom stereocenters. The number of esters is 1. The number of carbonyl (C=O) groups is 4. The van der Waals surface area contributed by atoms with Crippen molar-refractivity contribution in [3.8, 4) is 0 Å². The van der Waals surface area contributed by atoms with Crippen LogP contribution in [0, 0.1) is 5.92 Å². The molecular formula is C21H31N3O5. The van der Waals surface area contributed by atoms with Crippen molar-refractivity contribution >= 4 is 23.8 Å². The Kier molecular flexibility index (Phi) is 6.92. The van der Waals surface area contributed by atoms with Crippen LogP contribution in [0.3, 0.4) is 0 Å². The van der Waals surface area contributed by atoms with E-state index in [9.17, 15) is 19.2 Å². The van der Waals surface area contributed by atoms with Crippen LogP contribution in [0.25, 0.3) is 0 Å². The lowest BCUT2D eigenvalue weighted by molar-refractivity contribution is -0.151. The molecule has 2 atom stereocenters. The van der Waals surface area contributed by atoms with E-state index in [4.69, 9.17) is 4.74 Å². The summed E-state index contributed by atoms with van der Waals surface area (Å²) < 4.78 is 4.97. The van der Waals surface area contributed by atoms with E-state index in [-0.39, 0.29) is 17.7 Å². The third-order valence-electron chi connectivity index (χ3n) is 6.31. The minimum Gasteiger partial charge on any atom is -0.454 e. The van der Waals surface area contributed by atoms with Gasteiger partial charge in [0.05, 0.1) is 0 Å². The zero-order valence-corrected chi connectivity index (χ0v) is 17.1. The summed E-state index contributed by atoms with van der Waals surface area (Å²) in [5.41, 5.74) is 0.457. The molecule has 1 saturated heterocycles. The molecule has 3 rings (SSSR count). The van der Waals surface area contributed by atoms with Crippen LogP contribution in [0.5, 0.6) is 0 Å². The van der Waals surface area contributed by atoms with Crippen LogP contribution < -0.4 is 10.6 Å². The van der Waals surface area contributed by atoms with Gasteiger partial charge in [-0.25, -0.2) is 4.79 Å². The number of rotatable bonds is 7. The first kappa shape index (κ1) is 21.3. The molecule has 1 saturated carbocycles. The highest BCUT2D eigenvalue weighted by Gasteiger charge is 2.55. The quantitative estimate of drug-likeness (QED) is 0.383. The van der Waals surface area contributed by atoms with Crippen molar-refractivity contribution in [1.82, 2.24) is 15.5 Å². The van der Waals surface area contributed by atoms with Gasteiger partial charge in [-0.15, -0.1) is 0 Å². The van der Waals surface area contributed by atoms with Crippen molar-refractivity contribution in [2.45, 2.75) is 70.3 Å². The van der Waals surface area contributed by atoms with Crippen molar-refractivity contribution in [2.75, 3.05) is 19.7 Å². The lowest BCUT2D eigenvalue weighted by Crippen LogP contribution is -2.54. The van der Waals surface area contributed by atoms with Crippen LogP contribution in [0.15, 0.2) is 11.6 Å². The molecule has 0 bridgehead atoms. The van der Waals surface area contributed by atoms with Gasteiger partial charge in [0.25, 0.3) is 11.8 Å². The molecule has 2 N–H and O–H groups in total. The Hall–Kier alpha value is -2.38. The van der Waals surface area contributed by atoms with Gasteiger partial charge in [-0.3, -0.25) is 19.3 Å². The third kappa shape index (κ3) is 4.97. The van der Waals surface area contributed by atoms with Crippen molar-refractivity contribution in [1.29, 1.82) is 0 Å². The fourth-order valence-corrected chi connectivity index (χ4v) is 4.51. The molecule has 8 nitrogen and oxygen atoms in total. The van der Waals surface area contributed by atoms with Crippen molar-refractivity contribution in [3.05, 3.63) is 11.6 Å². The molecule has 2 aliphatic carbocycles. The van der Waals surface area contributed by atoms with E-state index in [1.54, 1.807) is 0 Å². The molecule has 1 aliphatic heterocycles. The van der Waals surface area contributed by atoms with Crippen LogP contribution in [-0.4, -0.2) is 54.0 Å². The summed E-state index contributed by atoms with van der Waals surface area (Å²) in [5.74, 6) is -1.49. The lowest BCUT2D eigenvalue weighted by Gasteiger charge is -2.36. The van der Waals surface area contributed by atoms with Gasteiger partial charge in [-0.05, 0) is 50.9 Å². The van der Waals surface area contributed by atoms with Crippen molar-refractivity contribution in [3.63, 3.8) is 0 Å². The predicted octanol–water partition coefficient (Wildman–Crippen LogP) is 2.04. The Bertz CT molecular complexity index is 704. The highest BCUT2D eigenvalue weighted by molar-refractivity contribution is 6.09. The Morgan fingerprint density at radius 2 is 2.10 bits per heavy atom. The zero-order valence-electron chi connectivity index (χ0n) is 17.1. The standard InChI is InChI=1S/C21H31N3O5/c1-15-7-5-6-11-21(15)19(27)24(20(28)23-21)13-18(26)29-14-17(25)22-12-10-16-8-3-2-4-9-16/h8,15H,2-7,9-14H2,1H3,(H,22,25)(H,23,28)/t15-,21+/m0/s1. The summed E-state index contributed by atoms with van der Waals surface area (Å²) in [4.78, 5) is 50.0. The summed E-state index contributed by atoms with van der Waals surface area (Å²) in [7, 11) is 0. The minimum absolute atomic E-state index is 0.0266. The number of ether oxygens (including phenoxy) is 1. The number of allylic oxidation sites excluding steroid dienone is 1. The minimum atomic E-state index is -0.902. The Morgan fingerprint density at radius 1 is 1.28 bits per heavy atom. The number of hydrogen-bond acceptors (Lipinski definition) is 5. The van der Waals surface area contributed by atoms with Gasteiger partial charge in [-0.2, -0.15) is 0 Å². The molecule has 1 heterocycles. The van der Waals surface area contributed by atoms with E-state index in [1.165, 1.54) is 18.4 Å². The summed E-state index contributed by atoms with van der Waals surface area (Å²) in [5, 5.41) is 5.53. The number of carbonyl (C=O) groups excluding carboxylic acids is 4. The van der Waals surface area contributed by atoms with Gasteiger partial charge >= 0.3 is 12.0 Å². The van der Waals surface area contributed by atoms with Gasteiger partial charge in [0.2, 0.25) is 0 Å². The second-order valence-corrected chi connectivity index (χ2v) is 8.31. The first-order valence-corrected chi connectivity index (χ1v) is 10.7. The molecule has 0 aromatic heterocycles. The Morgan fingerprint density at radius 3 is 2.83 bits per heavy atom. The Balaban J connectivity index is 1.41. The summed E-state index contributed by atoms with van der Waals surface area (Å²) >= 11 is 0. The largest absolute Gasteiger partial charge is 0.454 e. The van der Waals surface area contributed by atoms with E-state index in [0.29, 0.717) is 13.0 Å². The summed E-state index contributed by atoms with van der Waals surface area (Å²) in [6.07, 6.45) is 11.0. The summed E-state index contributed by atoms with van der Waals surface area (Å²) in [6, 6.07) is -0.564. The van der Waals surface area contributed by atoms with Crippen molar-refractivity contribution in [2.24, 2.45) is 5.92 Å². The predicted molar refractivity (Wildman–Crippen MR) is 106 cm³/mol. The molecule has 0 aromatic carbocycles. The number of amides is 4. The van der Waals surface area contributed by atoms with Gasteiger partial charge in [0.15, 0.2) is 6.61 Å². The van der Waals surface area contributed by atoms with E-state index >= 15 is 0 Å². The number of urea groups is 1. The van der Waals surface area contributed by atoms with E-state index < -0.39 is 30.7 Å². The number of imide groups is 1. The van der Waals surface area contributed by atoms with Crippen LogP contribution in [0.2, 0.25) is 0 Å². The molecule has 3 aliphatic rings. The maximum atomic E-state index is 12.8. The first-order chi connectivity index (χ1) is 13.9. The number of nitrogens with one attached hydrogen (secondary N) is 2. The average molecular weight is 405 g/mol. The molecule has 160 valence electrons. The van der Waals surface area contributed by atoms with E-state index in [2.05, 4.69) is 16.7 Å². The molecule has 2 fully saturated rings. The zero-order chi connectivity index (χ0) is 20.9. The second-order valence-electron chi connectivity index (χ2n) is 8.31. The molecule has 4 amide bonds. The second kappa shape index (κ2) is 9.41. The van der Waals surface area contributed by atoms with Crippen LogP contribution in [-0.2, 0) is 19.1 Å². The van der Waals surface area contributed by atoms with Gasteiger partial charge in [-0.1, -0.05) is 31.4 Å². The fourth-order valence-electron chi connectivity index (χ4n) is 4.51. The van der Waals surface area contributed by atoms with Crippen LogP contribution in [0.1, 0.15) is 64.7 Å². The van der Waals surface area contributed by atoms with Crippen LogP contribution in [0.4, 0.5) is 4.79 Å². The topological polar surface area (TPSA) is 105 Å². The average Bonchev–Trinajstić information content (AvgIpc) is 2.94. The first-order valence-electron chi connectivity index (χ1n) is 10.7. The maximum absolute atomic E-state index is 12.8. The monoisotopic (exact) mass is 405 g/mol. The van der Waals surface area contributed by atoms with E-state index in [0.717, 1.165) is 43.4 Å². The van der Waals surface area contributed by atoms with Crippen molar-refractivity contribution < 1.29 is 23.9 Å². The number of nitrogens with zero attached hydrogens (tertiary/aromatic N) is 1. The molecule has 1 spiro atoms. The molecule has 8 heteroatoms. The van der Waals surface area contributed by atoms with Gasteiger partial charge < -0.3 is 15.4 Å². The normalized spacial score (nSPS) is 26.9. The highest BCUT2D eigenvalue weighted by Crippen LogP contribution is 2.38. The highest BCUT2D eigenvalue weighted by atomic mass is 16.5. The maximum Gasteiger partial charge on any atom is 0.326 e. The van der Waals surface area contributed by atoms with Gasteiger partial charge in [0, 0.05) is 6.54 Å². The molecule has 0 aromatic rings. The van der Waals surface area contributed by atoms with E-state index in [1.807, 2.05) is 6.92 Å². The third-order valence-corrected chi connectivity index (χ3v) is 6.31. The molecule has 29 heavy (non-hydrogen) atoms. The van der Waals surface area contributed by atoms with Gasteiger partial charge in [0.1, 0.15) is 12.1 Å². The van der Waals surface area contributed by atoms with Crippen LogP contribution >= 0.6 is 0 Å².